The molecule has 3 rings (SSSR count). The van der Waals surface area contributed by atoms with Gasteiger partial charge in [-0.15, -0.1) is 0 Å². The molecule has 0 spiro atoms. The molecule has 0 fully saturated rings. The van der Waals surface area contributed by atoms with Crippen molar-refractivity contribution >= 4 is 28.8 Å². The molecule has 0 aliphatic carbocycles. The van der Waals surface area contributed by atoms with Crippen LogP contribution >= 0.6 is 11.3 Å². The number of nitrogen functional groups attached to an aromatic ring is 1. The van der Waals surface area contributed by atoms with Gasteiger partial charge in [-0.05, 0) is 47.5 Å². The number of anilines is 1. The summed E-state index contributed by atoms with van der Waals surface area (Å²) in [7, 11) is 0. The third-order valence-corrected chi connectivity index (χ3v) is 4.06. The predicted octanol–water partition coefficient (Wildman–Crippen LogP) is 2.69. The lowest BCUT2D eigenvalue weighted by molar-refractivity contribution is 0.0595. The topological polar surface area (TPSA) is 63.4 Å². The summed E-state index contributed by atoms with van der Waals surface area (Å²) in [5.41, 5.74) is 7.96. The van der Waals surface area contributed by atoms with Crippen molar-refractivity contribution in [2.75, 3.05) is 5.73 Å². The van der Waals surface area contributed by atoms with Gasteiger partial charge in [0.25, 0.3) is 11.8 Å². The molecule has 96 valence electrons. The lowest BCUT2D eigenvalue weighted by Gasteiger charge is -2.21. The molecule has 1 aliphatic heterocycles. The summed E-state index contributed by atoms with van der Waals surface area (Å²) in [6.45, 7) is 1.85. The molecule has 5 heteroatoms. The maximum atomic E-state index is 12.3. The smallest absolute Gasteiger partial charge is 0.262 e. The summed E-state index contributed by atoms with van der Waals surface area (Å²) in [6.07, 6.45) is 0. The molecule has 0 radical (unpaired) electrons. The number of amides is 2. The minimum absolute atomic E-state index is 0.251. The van der Waals surface area contributed by atoms with Crippen molar-refractivity contribution in [2.45, 2.75) is 13.0 Å². The lowest BCUT2D eigenvalue weighted by atomic mass is 10.1. The van der Waals surface area contributed by atoms with Crippen molar-refractivity contribution in [3.8, 4) is 0 Å². The molecule has 1 unspecified atom stereocenters. The van der Waals surface area contributed by atoms with Gasteiger partial charge in [-0.25, -0.2) is 0 Å². The van der Waals surface area contributed by atoms with Crippen molar-refractivity contribution in [1.82, 2.24) is 4.90 Å². The fourth-order valence-corrected chi connectivity index (χ4v) is 3.04. The standard InChI is InChI=1S/C14H12N2O2S/c1-8(9-4-5-19-7-9)16-13(17)11-3-2-10(15)6-12(11)14(16)18/h2-8H,15H2,1H3. The number of imide groups is 1. The highest BCUT2D eigenvalue weighted by molar-refractivity contribution is 7.08. The number of rotatable bonds is 2. The van der Waals surface area contributed by atoms with Crippen LogP contribution in [0.2, 0.25) is 0 Å². The van der Waals surface area contributed by atoms with E-state index in [0.717, 1.165) is 5.56 Å². The average molecular weight is 272 g/mol. The number of carbonyl (C=O) groups excluding carboxylic acids is 2. The van der Waals surface area contributed by atoms with Gasteiger partial charge >= 0.3 is 0 Å². The van der Waals surface area contributed by atoms with E-state index in [4.69, 9.17) is 5.73 Å². The molecule has 1 atom stereocenters. The van der Waals surface area contributed by atoms with Gasteiger partial charge in [0.15, 0.2) is 0 Å². The lowest BCUT2D eigenvalue weighted by Crippen LogP contribution is -2.32. The maximum Gasteiger partial charge on any atom is 0.262 e. The van der Waals surface area contributed by atoms with Crippen LogP contribution in [0.5, 0.6) is 0 Å². The summed E-state index contributed by atoms with van der Waals surface area (Å²) in [5, 5.41) is 3.88. The van der Waals surface area contributed by atoms with Crippen LogP contribution in [0.15, 0.2) is 35.0 Å². The second kappa shape index (κ2) is 4.20. The van der Waals surface area contributed by atoms with E-state index < -0.39 is 0 Å². The van der Waals surface area contributed by atoms with E-state index in [1.54, 1.807) is 29.5 Å². The van der Waals surface area contributed by atoms with Gasteiger partial charge in [0, 0.05) is 5.69 Å². The Labute approximate surface area is 114 Å². The van der Waals surface area contributed by atoms with Crippen molar-refractivity contribution in [3.63, 3.8) is 0 Å². The van der Waals surface area contributed by atoms with Gasteiger partial charge in [-0.3, -0.25) is 14.5 Å². The Bertz CT molecular complexity index is 664. The zero-order valence-electron chi connectivity index (χ0n) is 10.3. The molecule has 4 nitrogen and oxygen atoms in total. The second-order valence-corrected chi connectivity index (χ2v) is 5.30. The molecular weight excluding hydrogens is 260 g/mol. The summed E-state index contributed by atoms with van der Waals surface area (Å²) >= 11 is 1.55. The van der Waals surface area contributed by atoms with Gasteiger partial charge in [-0.1, -0.05) is 0 Å². The first-order valence-electron chi connectivity index (χ1n) is 5.89. The van der Waals surface area contributed by atoms with Crippen molar-refractivity contribution < 1.29 is 9.59 Å². The first-order chi connectivity index (χ1) is 9.09. The number of nitrogens with two attached hydrogens (primary N) is 1. The van der Waals surface area contributed by atoms with E-state index >= 15 is 0 Å². The number of hydrogen-bond acceptors (Lipinski definition) is 4. The second-order valence-electron chi connectivity index (χ2n) is 4.52. The monoisotopic (exact) mass is 272 g/mol. The molecule has 1 aromatic heterocycles. The van der Waals surface area contributed by atoms with Gasteiger partial charge in [-0.2, -0.15) is 11.3 Å². The van der Waals surface area contributed by atoms with E-state index in [0.29, 0.717) is 16.8 Å². The van der Waals surface area contributed by atoms with Crippen molar-refractivity contribution in [3.05, 3.63) is 51.7 Å². The predicted molar refractivity (Wildman–Crippen MR) is 74.1 cm³/mol. The highest BCUT2D eigenvalue weighted by Gasteiger charge is 2.38. The molecule has 2 aromatic rings. The first kappa shape index (κ1) is 11.9. The zero-order chi connectivity index (χ0) is 13.6. The minimum Gasteiger partial charge on any atom is -0.399 e. The van der Waals surface area contributed by atoms with Crippen molar-refractivity contribution in [2.24, 2.45) is 0 Å². The molecule has 19 heavy (non-hydrogen) atoms. The quantitative estimate of drug-likeness (QED) is 0.675. The van der Waals surface area contributed by atoms with Crippen LogP contribution in [-0.2, 0) is 0 Å². The molecule has 1 aliphatic rings. The van der Waals surface area contributed by atoms with E-state index in [1.165, 1.54) is 4.90 Å². The van der Waals surface area contributed by atoms with Gasteiger partial charge < -0.3 is 5.73 Å². The first-order valence-corrected chi connectivity index (χ1v) is 6.83. The normalized spacial score (nSPS) is 15.7. The summed E-state index contributed by atoms with van der Waals surface area (Å²) < 4.78 is 0. The number of hydrogen-bond donors (Lipinski definition) is 1. The van der Waals surface area contributed by atoms with Gasteiger partial charge in [0.2, 0.25) is 0 Å². The van der Waals surface area contributed by atoms with Crippen LogP contribution in [0, 0.1) is 0 Å². The third-order valence-electron chi connectivity index (χ3n) is 3.35. The number of thiophene rings is 1. The molecule has 2 amide bonds. The summed E-state index contributed by atoms with van der Waals surface area (Å²) in [4.78, 5) is 26.0. The van der Waals surface area contributed by atoms with E-state index in [-0.39, 0.29) is 17.9 Å². The zero-order valence-corrected chi connectivity index (χ0v) is 11.1. The summed E-state index contributed by atoms with van der Waals surface area (Å²) in [5.74, 6) is -0.523. The van der Waals surface area contributed by atoms with Crippen LogP contribution in [0.25, 0.3) is 0 Å². The van der Waals surface area contributed by atoms with Crippen LogP contribution in [-0.4, -0.2) is 16.7 Å². The molecular formula is C14H12N2O2S. The number of nitrogens with zero attached hydrogens (tertiary/aromatic N) is 1. The van der Waals surface area contributed by atoms with E-state index in [1.807, 2.05) is 23.8 Å². The Morgan fingerprint density at radius 2 is 1.89 bits per heavy atom. The van der Waals surface area contributed by atoms with Crippen LogP contribution in [0.1, 0.15) is 39.2 Å². The minimum atomic E-state index is -0.272. The fraction of sp³-hybridized carbons (Fsp3) is 0.143. The highest BCUT2D eigenvalue weighted by atomic mass is 32.1. The van der Waals surface area contributed by atoms with Crippen LogP contribution in [0.4, 0.5) is 5.69 Å². The SMILES string of the molecule is CC(c1ccsc1)N1C(=O)c2ccc(N)cc2C1=O. The molecule has 0 saturated heterocycles. The number of carbonyl (C=O) groups is 2. The number of fused-ring (bicyclic) bond motifs is 1. The fourth-order valence-electron chi connectivity index (χ4n) is 2.29. The molecule has 0 saturated carbocycles. The Morgan fingerprint density at radius 3 is 2.58 bits per heavy atom. The van der Waals surface area contributed by atoms with Gasteiger partial charge in [0.05, 0.1) is 17.2 Å². The molecule has 0 bridgehead atoms. The highest BCUT2D eigenvalue weighted by Crippen LogP contribution is 2.32. The average Bonchev–Trinajstić information content (AvgIpc) is 2.98. The van der Waals surface area contributed by atoms with E-state index in [2.05, 4.69) is 0 Å². The molecule has 2 heterocycles. The Morgan fingerprint density at radius 1 is 1.16 bits per heavy atom. The molecule has 2 N–H and O–H groups in total. The molecule has 1 aromatic carbocycles. The van der Waals surface area contributed by atoms with E-state index in [9.17, 15) is 9.59 Å². The maximum absolute atomic E-state index is 12.3. The number of benzene rings is 1. The largest absolute Gasteiger partial charge is 0.399 e. The Balaban J connectivity index is 2.03. The van der Waals surface area contributed by atoms with Gasteiger partial charge in [0.1, 0.15) is 0 Å². The van der Waals surface area contributed by atoms with Crippen molar-refractivity contribution in [1.29, 1.82) is 0 Å². The third kappa shape index (κ3) is 1.74. The Kier molecular flexibility index (Phi) is 2.64. The van der Waals surface area contributed by atoms with Crippen LogP contribution in [0.3, 0.4) is 0 Å². The summed E-state index contributed by atoms with van der Waals surface area (Å²) in [6, 6.07) is 6.48. The van der Waals surface area contributed by atoms with Crippen LogP contribution < -0.4 is 5.73 Å². The Hall–Kier alpha value is -2.14.